The average molecular weight is 446 g/mol. The first-order valence-electron chi connectivity index (χ1n) is 10.3. The fourth-order valence-electron chi connectivity index (χ4n) is 3.10. The summed E-state index contributed by atoms with van der Waals surface area (Å²) in [4.78, 5) is 27.8. The molecule has 0 aliphatic carbocycles. The summed E-state index contributed by atoms with van der Waals surface area (Å²) in [6.07, 6.45) is 2.15. The van der Waals surface area contributed by atoms with Gasteiger partial charge in [-0.3, -0.25) is 9.59 Å². The second-order valence-electron chi connectivity index (χ2n) is 7.52. The minimum Gasteiger partial charge on any atom is -0.354 e. The number of benzene rings is 2. The predicted molar refractivity (Wildman–Crippen MR) is 122 cm³/mol. The Balaban J connectivity index is 2.39. The lowest BCUT2D eigenvalue weighted by atomic mass is 10.0. The summed E-state index contributed by atoms with van der Waals surface area (Å²) in [6, 6.07) is 18.1. The molecule has 0 saturated heterocycles. The molecule has 8 heteroatoms. The van der Waals surface area contributed by atoms with Crippen LogP contribution in [0.25, 0.3) is 0 Å². The molecule has 168 valence electrons. The highest BCUT2D eigenvalue weighted by Crippen LogP contribution is 2.15. The van der Waals surface area contributed by atoms with Gasteiger partial charge in [0.15, 0.2) is 0 Å². The lowest BCUT2D eigenvalue weighted by molar-refractivity contribution is -0.141. The number of rotatable bonds is 11. The van der Waals surface area contributed by atoms with Crippen molar-refractivity contribution in [1.82, 2.24) is 14.5 Å². The first kappa shape index (κ1) is 24.6. The molecule has 0 aliphatic heterocycles. The van der Waals surface area contributed by atoms with Crippen LogP contribution in [0.15, 0.2) is 60.7 Å². The van der Waals surface area contributed by atoms with Crippen molar-refractivity contribution in [2.75, 3.05) is 26.4 Å². The van der Waals surface area contributed by atoms with Crippen LogP contribution in [0.5, 0.6) is 0 Å². The van der Waals surface area contributed by atoms with E-state index in [1.165, 1.54) is 11.9 Å². The minimum absolute atomic E-state index is 0.203. The van der Waals surface area contributed by atoms with Crippen LogP contribution in [0.2, 0.25) is 0 Å². The highest BCUT2D eigenvalue weighted by molar-refractivity contribution is 7.88. The van der Waals surface area contributed by atoms with Gasteiger partial charge in [0.05, 0.1) is 12.8 Å². The van der Waals surface area contributed by atoms with Crippen molar-refractivity contribution < 1.29 is 18.0 Å². The van der Waals surface area contributed by atoms with Gasteiger partial charge < -0.3 is 10.2 Å². The standard InChI is InChI=1S/C23H31N3O4S/c1-4-15-24-23(28)21(16-19-11-7-5-8-12-19)26(17-20-13-9-6-10-14-20)22(27)18-25(2)31(3,29)30/h5-14,21H,4,15-18H2,1-3H3,(H,24,28)/t21-/m0/s1. The maximum Gasteiger partial charge on any atom is 0.243 e. The topological polar surface area (TPSA) is 86.8 Å². The molecule has 0 bridgehead atoms. The van der Waals surface area contributed by atoms with E-state index in [0.29, 0.717) is 13.0 Å². The summed E-state index contributed by atoms with van der Waals surface area (Å²) in [5, 5.41) is 2.89. The van der Waals surface area contributed by atoms with Crippen molar-refractivity contribution in [2.24, 2.45) is 0 Å². The van der Waals surface area contributed by atoms with E-state index in [-0.39, 0.29) is 19.0 Å². The Morgan fingerprint density at radius 2 is 1.52 bits per heavy atom. The average Bonchev–Trinajstić information content (AvgIpc) is 2.75. The summed E-state index contributed by atoms with van der Waals surface area (Å²) in [7, 11) is -2.18. The van der Waals surface area contributed by atoms with Gasteiger partial charge in [0.2, 0.25) is 21.8 Å². The van der Waals surface area contributed by atoms with Crippen LogP contribution in [0.4, 0.5) is 0 Å². The Morgan fingerprint density at radius 1 is 0.968 bits per heavy atom. The van der Waals surface area contributed by atoms with E-state index in [0.717, 1.165) is 28.1 Å². The Hall–Kier alpha value is -2.71. The number of amides is 2. The largest absolute Gasteiger partial charge is 0.354 e. The number of carbonyl (C=O) groups excluding carboxylic acids is 2. The summed E-state index contributed by atoms with van der Waals surface area (Å²) < 4.78 is 24.7. The molecule has 7 nitrogen and oxygen atoms in total. The number of carbonyl (C=O) groups is 2. The van der Waals surface area contributed by atoms with Gasteiger partial charge >= 0.3 is 0 Å². The monoisotopic (exact) mass is 445 g/mol. The van der Waals surface area contributed by atoms with Gasteiger partial charge in [-0.1, -0.05) is 67.6 Å². The molecule has 1 atom stereocenters. The molecule has 2 aromatic rings. The Morgan fingerprint density at radius 3 is 2.03 bits per heavy atom. The van der Waals surface area contributed by atoms with Crippen molar-refractivity contribution in [1.29, 1.82) is 0 Å². The molecule has 0 aliphatic rings. The molecular weight excluding hydrogens is 414 g/mol. The van der Waals surface area contributed by atoms with Gasteiger partial charge in [0.25, 0.3) is 0 Å². The third-order valence-electron chi connectivity index (χ3n) is 4.94. The first-order valence-corrected chi connectivity index (χ1v) is 12.1. The predicted octanol–water partition coefficient (Wildman–Crippen LogP) is 2.04. The van der Waals surface area contributed by atoms with Gasteiger partial charge in [0.1, 0.15) is 6.04 Å². The van der Waals surface area contributed by atoms with Crippen molar-refractivity contribution in [3.8, 4) is 0 Å². The van der Waals surface area contributed by atoms with Crippen LogP contribution < -0.4 is 5.32 Å². The lowest BCUT2D eigenvalue weighted by Crippen LogP contribution is -2.53. The number of hydrogen-bond donors (Lipinski definition) is 1. The number of hydrogen-bond acceptors (Lipinski definition) is 4. The van der Waals surface area contributed by atoms with Gasteiger partial charge in [-0.15, -0.1) is 0 Å². The normalized spacial score (nSPS) is 12.4. The molecule has 2 amide bonds. The fourth-order valence-corrected chi connectivity index (χ4v) is 3.44. The molecule has 1 N–H and O–H groups in total. The maximum atomic E-state index is 13.3. The van der Waals surface area contributed by atoms with Gasteiger partial charge in [-0.05, 0) is 17.5 Å². The summed E-state index contributed by atoms with van der Waals surface area (Å²) >= 11 is 0. The number of nitrogens with zero attached hydrogens (tertiary/aromatic N) is 2. The summed E-state index contributed by atoms with van der Waals surface area (Å²) in [5.74, 6) is -0.679. The number of nitrogens with one attached hydrogen (secondary N) is 1. The molecule has 0 aromatic heterocycles. The molecule has 0 unspecified atom stereocenters. The highest BCUT2D eigenvalue weighted by atomic mass is 32.2. The smallest absolute Gasteiger partial charge is 0.243 e. The minimum atomic E-state index is -3.54. The molecule has 0 spiro atoms. The second-order valence-corrected chi connectivity index (χ2v) is 9.61. The van der Waals surface area contributed by atoms with E-state index in [1.54, 1.807) is 0 Å². The van der Waals surface area contributed by atoms with E-state index >= 15 is 0 Å². The highest BCUT2D eigenvalue weighted by Gasteiger charge is 2.31. The third kappa shape index (κ3) is 7.80. The zero-order valence-electron chi connectivity index (χ0n) is 18.3. The molecule has 0 heterocycles. The first-order chi connectivity index (χ1) is 14.7. The van der Waals surface area contributed by atoms with Gasteiger partial charge in [0, 0.05) is 26.6 Å². The van der Waals surface area contributed by atoms with Crippen LogP contribution in [0.3, 0.4) is 0 Å². The van der Waals surface area contributed by atoms with Gasteiger partial charge in [-0.25, -0.2) is 8.42 Å². The molecule has 0 radical (unpaired) electrons. The quantitative estimate of drug-likeness (QED) is 0.574. The van der Waals surface area contributed by atoms with Crippen molar-refractivity contribution in [3.63, 3.8) is 0 Å². The van der Waals surface area contributed by atoms with E-state index in [9.17, 15) is 18.0 Å². The van der Waals surface area contributed by atoms with Crippen LogP contribution in [0, 0.1) is 0 Å². The summed E-state index contributed by atoms with van der Waals surface area (Å²) in [6.45, 7) is 2.33. The SMILES string of the molecule is CCCNC(=O)[C@H](Cc1ccccc1)N(Cc1ccccc1)C(=O)CN(C)S(C)(=O)=O. The summed E-state index contributed by atoms with van der Waals surface area (Å²) in [5.41, 5.74) is 1.78. The fraction of sp³-hybridized carbons (Fsp3) is 0.391. The van der Waals surface area contributed by atoms with Crippen LogP contribution in [-0.2, 0) is 32.6 Å². The van der Waals surface area contributed by atoms with Crippen molar-refractivity contribution in [2.45, 2.75) is 32.4 Å². The zero-order valence-corrected chi connectivity index (χ0v) is 19.1. The Kier molecular flexibility index (Phi) is 9.21. The van der Waals surface area contributed by atoms with E-state index in [2.05, 4.69) is 5.32 Å². The van der Waals surface area contributed by atoms with Crippen LogP contribution in [-0.4, -0.2) is 61.9 Å². The molecule has 0 saturated carbocycles. The second kappa shape index (κ2) is 11.6. The molecule has 31 heavy (non-hydrogen) atoms. The maximum absolute atomic E-state index is 13.3. The molecule has 2 rings (SSSR count). The van der Waals surface area contributed by atoms with E-state index in [4.69, 9.17) is 0 Å². The van der Waals surface area contributed by atoms with Gasteiger partial charge in [-0.2, -0.15) is 4.31 Å². The Labute approximate surface area is 185 Å². The van der Waals surface area contributed by atoms with E-state index in [1.807, 2.05) is 67.6 Å². The number of sulfonamides is 1. The van der Waals surface area contributed by atoms with Crippen LogP contribution >= 0.6 is 0 Å². The van der Waals surface area contributed by atoms with E-state index < -0.39 is 22.0 Å². The van der Waals surface area contributed by atoms with Crippen molar-refractivity contribution >= 4 is 21.8 Å². The zero-order chi connectivity index (χ0) is 22.9. The molecule has 0 fully saturated rings. The molecular formula is C23H31N3O4S. The van der Waals surface area contributed by atoms with Crippen LogP contribution in [0.1, 0.15) is 24.5 Å². The lowest BCUT2D eigenvalue weighted by Gasteiger charge is -2.32. The Bertz CT molecular complexity index is 949. The van der Waals surface area contributed by atoms with Crippen molar-refractivity contribution in [3.05, 3.63) is 71.8 Å². The molecule has 2 aromatic carbocycles. The third-order valence-corrected chi connectivity index (χ3v) is 6.20. The number of likely N-dealkylation sites (N-methyl/N-ethyl adjacent to an activating group) is 1.